The van der Waals surface area contributed by atoms with Gasteiger partial charge in [-0.05, 0) is 37.1 Å². The van der Waals surface area contributed by atoms with Gasteiger partial charge in [0.2, 0.25) is 5.95 Å². The Labute approximate surface area is 191 Å². The zero-order valence-electron chi connectivity index (χ0n) is 18.1. The van der Waals surface area contributed by atoms with Crippen LogP contribution in [0.4, 0.5) is 17.5 Å². The van der Waals surface area contributed by atoms with Crippen molar-refractivity contribution >= 4 is 34.3 Å². The topological polar surface area (TPSA) is 137 Å². The zero-order chi connectivity index (χ0) is 22.8. The number of hydrogen-bond acceptors (Lipinski definition) is 7. The summed E-state index contributed by atoms with van der Waals surface area (Å²) in [7, 11) is 0. The molecule has 2 heterocycles. The number of amides is 1. The number of primary amides is 1. The van der Waals surface area contributed by atoms with E-state index < -0.39 is 5.91 Å². The van der Waals surface area contributed by atoms with Gasteiger partial charge >= 0.3 is 0 Å². The SMILES string of the molecule is NC(=O)c1cnc(N[C@@H]2CCCC[C@@H]2N)nc1Nc1cccc(-n2cc3ccccc3n2)c1. The third kappa shape index (κ3) is 4.49. The van der Waals surface area contributed by atoms with Gasteiger partial charge in [0.25, 0.3) is 5.91 Å². The summed E-state index contributed by atoms with van der Waals surface area (Å²) in [6.07, 6.45) is 7.60. The Morgan fingerprint density at radius 3 is 2.76 bits per heavy atom. The summed E-state index contributed by atoms with van der Waals surface area (Å²) >= 11 is 0. The number of aromatic nitrogens is 4. The van der Waals surface area contributed by atoms with Gasteiger partial charge in [-0.3, -0.25) is 4.79 Å². The van der Waals surface area contributed by atoms with Crippen LogP contribution in [0.3, 0.4) is 0 Å². The van der Waals surface area contributed by atoms with Crippen LogP contribution in [-0.2, 0) is 0 Å². The summed E-state index contributed by atoms with van der Waals surface area (Å²) in [5.41, 5.74) is 14.6. The molecule has 0 radical (unpaired) electrons. The van der Waals surface area contributed by atoms with E-state index in [2.05, 4.69) is 25.7 Å². The average molecular weight is 443 g/mol. The van der Waals surface area contributed by atoms with Crippen molar-refractivity contribution in [2.75, 3.05) is 10.6 Å². The van der Waals surface area contributed by atoms with Crippen molar-refractivity contribution in [2.45, 2.75) is 37.8 Å². The number of carbonyl (C=O) groups is 1. The number of carbonyl (C=O) groups excluding carboxylic acids is 1. The monoisotopic (exact) mass is 442 g/mol. The molecular weight excluding hydrogens is 416 g/mol. The Balaban J connectivity index is 1.42. The number of rotatable bonds is 6. The van der Waals surface area contributed by atoms with Crippen molar-refractivity contribution in [1.82, 2.24) is 19.7 Å². The van der Waals surface area contributed by atoms with Crippen LogP contribution in [0.15, 0.2) is 60.9 Å². The van der Waals surface area contributed by atoms with Gasteiger partial charge in [0, 0.05) is 35.6 Å². The van der Waals surface area contributed by atoms with E-state index in [0.29, 0.717) is 11.8 Å². The lowest BCUT2D eigenvalue weighted by molar-refractivity contribution is 0.100. The molecule has 1 fully saturated rings. The predicted molar refractivity (Wildman–Crippen MR) is 129 cm³/mol. The minimum Gasteiger partial charge on any atom is -0.365 e. The number of nitrogens with two attached hydrogens (primary N) is 2. The summed E-state index contributed by atoms with van der Waals surface area (Å²) in [5.74, 6) is 0.152. The Bertz CT molecular complexity index is 1270. The van der Waals surface area contributed by atoms with Crippen molar-refractivity contribution in [3.63, 3.8) is 0 Å². The summed E-state index contributed by atoms with van der Waals surface area (Å²) in [5, 5.41) is 12.2. The fraction of sp³-hybridized carbons (Fsp3) is 0.250. The van der Waals surface area contributed by atoms with Gasteiger partial charge in [0.15, 0.2) is 0 Å². The van der Waals surface area contributed by atoms with Gasteiger partial charge < -0.3 is 22.1 Å². The molecule has 5 rings (SSSR count). The minimum atomic E-state index is -0.604. The molecule has 33 heavy (non-hydrogen) atoms. The lowest BCUT2D eigenvalue weighted by Crippen LogP contribution is -2.43. The normalized spacial score (nSPS) is 18.2. The van der Waals surface area contributed by atoms with Crippen LogP contribution >= 0.6 is 0 Å². The van der Waals surface area contributed by atoms with E-state index in [1.54, 1.807) is 0 Å². The number of fused-ring (bicyclic) bond motifs is 1. The van der Waals surface area contributed by atoms with E-state index in [0.717, 1.165) is 48.0 Å². The molecule has 6 N–H and O–H groups in total. The molecule has 2 atom stereocenters. The van der Waals surface area contributed by atoms with Crippen molar-refractivity contribution in [3.05, 3.63) is 66.5 Å². The fourth-order valence-corrected chi connectivity index (χ4v) is 4.19. The van der Waals surface area contributed by atoms with Gasteiger partial charge in [-0.1, -0.05) is 37.1 Å². The summed E-state index contributed by atoms with van der Waals surface area (Å²) in [6.45, 7) is 0. The van der Waals surface area contributed by atoms with Crippen LogP contribution in [-0.4, -0.2) is 37.7 Å². The Kier molecular flexibility index (Phi) is 5.62. The maximum absolute atomic E-state index is 12.0. The highest BCUT2D eigenvalue weighted by Crippen LogP contribution is 2.24. The molecule has 9 nitrogen and oxygen atoms in total. The van der Waals surface area contributed by atoms with Gasteiger partial charge in [0.05, 0.1) is 11.2 Å². The van der Waals surface area contributed by atoms with Crippen LogP contribution in [0.5, 0.6) is 0 Å². The molecule has 1 aliphatic rings. The van der Waals surface area contributed by atoms with Crippen LogP contribution in [0, 0.1) is 0 Å². The van der Waals surface area contributed by atoms with Crippen molar-refractivity contribution in [3.8, 4) is 5.69 Å². The maximum atomic E-state index is 12.0. The minimum absolute atomic E-state index is 0.0517. The van der Waals surface area contributed by atoms with Crippen molar-refractivity contribution < 1.29 is 4.79 Å². The molecule has 168 valence electrons. The lowest BCUT2D eigenvalue weighted by Gasteiger charge is -2.29. The number of hydrogen-bond donors (Lipinski definition) is 4. The molecule has 0 saturated heterocycles. The molecular formula is C24H26N8O. The average Bonchev–Trinajstić information content (AvgIpc) is 3.25. The fourth-order valence-electron chi connectivity index (χ4n) is 4.19. The first-order valence-corrected chi connectivity index (χ1v) is 11.1. The predicted octanol–water partition coefficient (Wildman–Crippen LogP) is 3.34. The molecule has 2 aromatic heterocycles. The summed E-state index contributed by atoms with van der Waals surface area (Å²) in [4.78, 5) is 20.8. The first-order chi connectivity index (χ1) is 16.1. The second kappa shape index (κ2) is 8.87. The Morgan fingerprint density at radius 1 is 1.09 bits per heavy atom. The standard InChI is InChI=1S/C24H26N8O/c25-19-9-2-4-11-21(19)29-24-27-13-18(22(26)33)23(30-24)28-16-7-5-8-17(12-16)32-14-15-6-1-3-10-20(15)31-32/h1,3,5-8,10,12-14,19,21H,2,4,9,11,25H2,(H2,26,33)(H2,27,28,29,30)/t19-,21+/m0/s1. The zero-order valence-corrected chi connectivity index (χ0v) is 18.1. The number of nitrogens with one attached hydrogen (secondary N) is 2. The van der Waals surface area contributed by atoms with Gasteiger partial charge in [-0.25, -0.2) is 9.67 Å². The second-order valence-electron chi connectivity index (χ2n) is 8.33. The Hall–Kier alpha value is -3.98. The molecule has 0 aliphatic heterocycles. The van der Waals surface area contributed by atoms with Crippen molar-refractivity contribution in [2.24, 2.45) is 11.5 Å². The highest BCUT2D eigenvalue weighted by Gasteiger charge is 2.23. The van der Waals surface area contributed by atoms with E-state index in [-0.39, 0.29) is 17.6 Å². The Morgan fingerprint density at radius 2 is 1.94 bits per heavy atom. The van der Waals surface area contributed by atoms with E-state index in [9.17, 15) is 4.79 Å². The molecule has 0 spiro atoms. The van der Waals surface area contributed by atoms with Gasteiger partial charge in [-0.15, -0.1) is 0 Å². The number of benzene rings is 2. The quantitative estimate of drug-likeness (QED) is 0.359. The second-order valence-corrected chi connectivity index (χ2v) is 8.33. The molecule has 0 unspecified atom stereocenters. The number of anilines is 3. The lowest BCUT2D eigenvalue weighted by atomic mass is 9.91. The van der Waals surface area contributed by atoms with E-state index in [4.69, 9.17) is 11.5 Å². The smallest absolute Gasteiger partial charge is 0.254 e. The molecule has 9 heteroatoms. The van der Waals surface area contributed by atoms with Gasteiger partial charge in [-0.2, -0.15) is 10.1 Å². The first kappa shape index (κ1) is 20.9. The van der Waals surface area contributed by atoms with Crippen LogP contribution < -0.4 is 22.1 Å². The largest absolute Gasteiger partial charge is 0.365 e. The van der Waals surface area contributed by atoms with E-state index in [1.807, 2.05) is 59.4 Å². The third-order valence-electron chi connectivity index (χ3n) is 5.98. The molecule has 1 aliphatic carbocycles. The highest BCUT2D eigenvalue weighted by atomic mass is 16.1. The van der Waals surface area contributed by atoms with Gasteiger partial charge in [0.1, 0.15) is 11.4 Å². The summed E-state index contributed by atoms with van der Waals surface area (Å²) in [6, 6.07) is 15.8. The summed E-state index contributed by atoms with van der Waals surface area (Å²) < 4.78 is 1.82. The van der Waals surface area contributed by atoms with E-state index >= 15 is 0 Å². The maximum Gasteiger partial charge on any atom is 0.254 e. The third-order valence-corrected chi connectivity index (χ3v) is 5.98. The van der Waals surface area contributed by atoms with Crippen molar-refractivity contribution in [1.29, 1.82) is 0 Å². The molecule has 1 saturated carbocycles. The van der Waals surface area contributed by atoms with Crippen LogP contribution in [0.1, 0.15) is 36.0 Å². The van der Waals surface area contributed by atoms with E-state index in [1.165, 1.54) is 6.20 Å². The highest BCUT2D eigenvalue weighted by molar-refractivity contribution is 5.98. The molecule has 4 aromatic rings. The molecule has 2 aromatic carbocycles. The first-order valence-electron chi connectivity index (χ1n) is 11.1. The van der Waals surface area contributed by atoms with Crippen LogP contribution in [0.2, 0.25) is 0 Å². The van der Waals surface area contributed by atoms with Crippen LogP contribution in [0.25, 0.3) is 16.6 Å². The molecule has 0 bridgehead atoms. The molecule has 1 amide bonds. The number of nitrogens with zero attached hydrogens (tertiary/aromatic N) is 4.